The van der Waals surface area contributed by atoms with Gasteiger partial charge in [0.15, 0.2) is 11.6 Å². The highest BCUT2D eigenvalue weighted by Gasteiger charge is 2.34. The molecular formula is C29H24F6O. The molecule has 0 bridgehead atoms. The van der Waals surface area contributed by atoms with Gasteiger partial charge in [0.1, 0.15) is 5.82 Å². The molecule has 0 aliphatic rings. The summed E-state index contributed by atoms with van der Waals surface area (Å²) >= 11 is 0. The van der Waals surface area contributed by atoms with Crippen molar-refractivity contribution in [3.05, 3.63) is 89.7 Å². The van der Waals surface area contributed by atoms with Crippen LogP contribution in [0, 0.1) is 17.5 Å². The normalized spacial score (nSPS) is 11.8. The third-order valence-corrected chi connectivity index (χ3v) is 6.08. The monoisotopic (exact) mass is 502 g/mol. The van der Waals surface area contributed by atoms with Gasteiger partial charge in [-0.3, -0.25) is 0 Å². The first-order chi connectivity index (χ1) is 17.2. The van der Waals surface area contributed by atoms with E-state index in [1.54, 1.807) is 24.3 Å². The molecule has 0 radical (unpaired) electrons. The molecule has 0 N–H and O–H groups in total. The summed E-state index contributed by atoms with van der Waals surface area (Å²) in [7, 11) is 0. The number of ether oxygens (including phenoxy) is 1. The number of fused-ring (bicyclic) bond motifs is 1. The van der Waals surface area contributed by atoms with E-state index < -0.39 is 23.7 Å². The fraction of sp³-hybridized carbons (Fsp3) is 0.241. The third-order valence-electron chi connectivity index (χ3n) is 6.08. The number of benzene rings is 4. The van der Waals surface area contributed by atoms with E-state index in [-0.39, 0.29) is 11.4 Å². The van der Waals surface area contributed by atoms with E-state index in [2.05, 4.69) is 11.7 Å². The summed E-state index contributed by atoms with van der Waals surface area (Å²) < 4.78 is 84.1. The van der Waals surface area contributed by atoms with Gasteiger partial charge < -0.3 is 4.74 Å². The van der Waals surface area contributed by atoms with Crippen molar-refractivity contribution < 1.29 is 31.1 Å². The maximum absolute atomic E-state index is 15.3. The van der Waals surface area contributed by atoms with Crippen molar-refractivity contribution in [1.82, 2.24) is 0 Å². The molecule has 4 aromatic rings. The quantitative estimate of drug-likeness (QED) is 0.172. The van der Waals surface area contributed by atoms with Crippen molar-refractivity contribution in [3.8, 4) is 28.0 Å². The van der Waals surface area contributed by atoms with Crippen LogP contribution < -0.4 is 4.74 Å². The molecule has 7 heteroatoms. The first-order valence-corrected chi connectivity index (χ1v) is 11.7. The molecule has 0 spiro atoms. The predicted octanol–water partition coefficient (Wildman–Crippen LogP) is 9.61. The second-order valence-corrected chi connectivity index (χ2v) is 8.69. The second kappa shape index (κ2) is 10.6. The van der Waals surface area contributed by atoms with Gasteiger partial charge in [-0.2, -0.15) is 0 Å². The first-order valence-electron chi connectivity index (χ1n) is 11.7. The van der Waals surface area contributed by atoms with E-state index in [1.165, 1.54) is 37.0 Å². The van der Waals surface area contributed by atoms with Crippen molar-refractivity contribution in [2.45, 2.75) is 45.4 Å². The van der Waals surface area contributed by atoms with Crippen molar-refractivity contribution in [2.75, 3.05) is 0 Å². The number of halogens is 6. The second-order valence-electron chi connectivity index (χ2n) is 8.69. The lowest BCUT2D eigenvalue weighted by atomic mass is 9.96. The fourth-order valence-corrected chi connectivity index (χ4v) is 4.26. The zero-order valence-corrected chi connectivity index (χ0v) is 19.6. The van der Waals surface area contributed by atoms with Gasteiger partial charge in [-0.1, -0.05) is 80.8 Å². The number of alkyl halides is 3. The highest BCUT2D eigenvalue weighted by atomic mass is 19.4. The van der Waals surface area contributed by atoms with Crippen LogP contribution in [0.15, 0.2) is 66.7 Å². The Hall–Kier alpha value is -3.48. The van der Waals surface area contributed by atoms with Gasteiger partial charge in [-0.25, -0.2) is 13.2 Å². The maximum Gasteiger partial charge on any atom is 0.573 e. The highest BCUT2D eigenvalue weighted by molar-refractivity contribution is 5.89. The van der Waals surface area contributed by atoms with Crippen LogP contribution in [0.1, 0.15) is 38.2 Å². The van der Waals surface area contributed by atoms with E-state index in [9.17, 15) is 22.0 Å². The van der Waals surface area contributed by atoms with Crippen LogP contribution in [0.3, 0.4) is 0 Å². The van der Waals surface area contributed by atoms with E-state index in [0.29, 0.717) is 22.1 Å². The Balaban J connectivity index is 1.57. The lowest BCUT2D eigenvalue weighted by Gasteiger charge is -2.12. The zero-order chi connectivity index (χ0) is 25.9. The molecule has 0 aliphatic carbocycles. The SMILES string of the molecule is CCCCCCc1ccc2c(F)c(-c3ccc(-c4cc(F)c(OC(F)(F)F)c(F)c4)cc3)ccc2c1. The number of rotatable bonds is 8. The van der Waals surface area contributed by atoms with E-state index in [0.717, 1.165) is 30.4 Å². The molecule has 188 valence electrons. The van der Waals surface area contributed by atoms with Crippen LogP contribution in [0.5, 0.6) is 5.75 Å². The van der Waals surface area contributed by atoms with Crippen molar-refractivity contribution in [2.24, 2.45) is 0 Å². The maximum atomic E-state index is 15.3. The molecule has 0 saturated carbocycles. The van der Waals surface area contributed by atoms with Gasteiger partial charge >= 0.3 is 6.36 Å². The van der Waals surface area contributed by atoms with E-state index >= 15 is 4.39 Å². The molecule has 4 rings (SSSR count). The standard InChI is InChI=1S/C29H24F6O/c1-2-3-4-5-6-18-7-13-24-21(15-18)12-14-23(27(24)32)20-10-8-19(9-11-20)22-16-25(30)28(26(31)17-22)36-29(33,34)35/h7-17H,2-6H2,1H3. The summed E-state index contributed by atoms with van der Waals surface area (Å²) in [6.07, 6.45) is 0.368. The van der Waals surface area contributed by atoms with Crippen molar-refractivity contribution in [3.63, 3.8) is 0 Å². The van der Waals surface area contributed by atoms with Crippen LogP contribution >= 0.6 is 0 Å². The smallest absolute Gasteiger partial charge is 0.399 e. The molecular weight excluding hydrogens is 478 g/mol. The van der Waals surface area contributed by atoms with Crippen LogP contribution in [-0.4, -0.2) is 6.36 Å². The largest absolute Gasteiger partial charge is 0.573 e. The molecule has 0 aliphatic heterocycles. The molecule has 0 amide bonds. The lowest BCUT2D eigenvalue weighted by Crippen LogP contribution is -2.19. The minimum Gasteiger partial charge on any atom is -0.399 e. The number of hydrogen-bond donors (Lipinski definition) is 0. The summed E-state index contributed by atoms with van der Waals surface area (Å²) in [5.74, 6) is -4.83. The minimum atomic E-state index is -5.22. The molecule has 1 nitrogen and oxygen atoms in total. The Morgan fingerprint density at radius 2 is 1.36 bits per heavy atom. The summed E-state index contributed by atoms with van der Waals surface area (Å²) in [4.78, 5) is 0. The van der Waals surface area contributed by atoms with Crippen molar-refractivity contribution in [1.29, 1.82) is 0 Å². The molecule has 4 aromatic carbocycles. The fourth-order valence-electron chi connectivity index (χ4n) is 4.26. The van der Waals surface area contributed by atoms with E-state index in [1.807, 2.05) is 18.2 Å². The number of hydrogen-bond acceptors (Lipinski definition) is 1. The number of aryl methyl sites for hydroxylation is 1. The van der Waals surface area contributed by atoms with Gasteiger partial charge in [-0.15, -0.1) is 13.2 Å². The van der Waals surface area contributed by atoms with Crippen LogP contribution in [-0.2, 0) is 6.42 Å². The van der Waals surface area contributed by atoms with E-state index in [4.69, 9.17) is 0 Å². The highest BCUT2D eigenvalue weighted by Crippen LogP contribution is 2.35. The summed E-state index contributed by atoms with van der Waals surface area (Å²) in [5, 5.41) is 1.31. The topological polar surface area (TPSA) is 9.23 Å². The third kappa shape index (κ3) is 5.83. The molecule has 0 atom stereocenters. The Bertz CT molecular complexity index is 1340. The summed E-state index contributed by atoms with van der Waals surface area (Å²) in [5.41, 5.74) is 2.47. The Morgan fingerprint density at radius 1 is 0.694 bits per heavy atom. The predicted molar refractivity (Wildman–Crippen MR) is 129 cm³/mol. The first kappa shape index (κ1) is 25.6. The van der Waals surface area contributed by atoms with Crippen LogP contribution in [0.2, 0.25) is 0 Å². The van der Waals surface area contributed by atoms with Crippen LogP contribution in [0.25, 0.3) is 33.0 Å². The average molecular weight is 502 g/mol. The Labute approximate surface area is 205 Å². The molecule has 0 heterocycles. The van der Waals surface area contributed by atoms with Gasteiger partial charge in [0.25, 0.3) is 0 Å². The Morgan fingerprint density at radius 3 is 2.00 bits per heavy atom. The molecule has 0 aromatic heterocycles. The summed E-state index contributed by atoms with van der Waals surface area (Å²) in [6, 6.07) is 17.0. The number of unbranched alkanes of at least 4 members (excludes halogenated alkanes) is 3. The van der Waals surface area contributed by atoms with Crippen molar-refractivity contribution >= 4 is 10.8 Å². The minimum absolute atomic E-state index is 0.0246. The zero-order valence-electron chi connectivity index (χ0n) is 19.6. The Kier molecular flexibility index (Phi) is 7.57. The van der Waals surface area contributed by atoms with Gasteiger partial charge in [0.2, 0.25) is 5.75 Å². The van der Waals surface area contributed by atoms with Gasteiger partial charge in [-0.05, 0) is 52.6 Å². The van der Waals surface area contributed by atoms with Gasteiger partial charge in [0, 0.05) is 10.9 Å². The van der Waals surface area contributed by atoms with Gasteiger partial charge in [0.05, 0.1) is 0 Å². The summed E-state index contributed by atoms with van der Waals surface area (Å²) in [6.45, 7) is 2.16. The lowest BCUT2D eigenvalue weighted by molar-refractivity contribution is -0.276. The van der Waals surface area contributed by atoms with Crippen LogP contribution in [0.4, 0.5) is 26.3 Å². The molecule has 0 saturated heterocycles. The molecule has 36 heavy (non-hydrogen) atoms. The average Bonchev–Trinajstić information content (AvgIpc) is 2.84. The molecule has 0 fully saturated rings. The molecule has 0 unspecified atom stereocenters.